The number of para-hydroxylation sites is 3. The Hall–Kier alpha value is -5.26. The monoisotopic (exact) mass is 980 g/mol. The van der Waals surface area contributed by atoms with Gasteiger partial charge in [-0.05, 0) is 104 Å². The van der Waals surface area contributed by atoms with E-state index in [1.165, 1.54) is 0 Å². The van der Waals surface area contributed by atoms with Crippen molar-refractivity contribution in [1.29, 1.82) is 0 Å². The standard InChI is InChI=1S/C18H21O2P.C14H13O2P.C12H8O2P.C7H11ClO2.C3H9N/c1-18(2,3)12-13-21(19)17-11-7-5-9-15(17)14-8-4-6-10-16(14)20-21;1-2-17(15)14-10-6-4-8-12(14)11-7-3-5-9-13(11)16-17;13-15-12-8-4-2-6-10(12)9-5-1-3-7-11(9)14-15;1-2-7(9)10-6-4-3-5-8;1-4(2)3/h4-11H,12-13H2,1-3H3;3-10H,2H2,1H3;1-8H;2H,1,3-6H2;1-3H3/q;;+1;;. The van der Waals surface area contributed by atoms with Gasteiger partial charge < -0.3 is 18.7 Å². The van der Waals surface area contributed by atoms with Crippen LogP contribution >= 0.6 is 34.0 Å². The molecule has 0 aliphatic carbocycles. The second-order valence-electron chi connectivity index (χ2n) is 17.4. The maximum atomic E-state index is 13.4. The van der Waals surface area contributed by atoms with Gasteiger partial charge in [0.15, 0.2) is 5.58 Å². The highest BCUT2D eigenvalue weighted by molar-refractivity contribution is 7.68. The van der Waals surface area contributed by atoms with E-state index in [0.29, 0.717) is 30.4 Å². The number of rotatable bonds is 8. The summed E-state index contributed by atoms with van der Waals surface area (Å²) in [5, 5.41) is 4.53. The average Bonchev–Trinajstić information content (AvgIpc) is 3.33. The van der Waals surface area contributed by atoms with Gasteiger partial charge in [-0.2, -0.15) is 0 Å². The predicted octanol–water partition coefficient (Wildman–Crippen LogP) is 15.0. The Morgan fingerprint density at radius 3 is 1.69 bits per heavy atom. The van der Waals surface area contributed by atoms with Gasteiger partial charge >= 0.3 is 13.6 Å². The minimum atomic E-state index is -2.83. The van der Waals surface area contributed by atoms with Crippen LogP contribution in [-0.2, 0) is 23.2 Å². The van der Waals surface area contributed by atoms with E-state index in [-0.39, 0.29) is 11.4 Å². The Labute approximate surface area is 401 Å². The third-order valence-electron chi connectivity index (χ3n) is 10.4. The lowest BCUT2D eigenvalue weighted by atomic mass is 9.94. The van der Waals surface area contributed by atoms with Crippen LogP contribution in [0.15, 0.2) is 162 Å². The smallest absolute Gasteiger partial charge is 0.463 e. The van der Waals surface area contributed by atoms with Crippen molar-refractivity contribution in [2.24, 2.45) is 5.41 Å². The van der Waals surface area contributed by atoms with E-state index in [1.807, 2.05) is 179 Å². The summed E-state index contributed by atoms with van der Waals surface area (Å²) >= 11 is 5.39. The Bertz CT molecular complexity index is 2920. The van der Waals surface area contributed by atoms with E-state index in [4.69, 9.17) is 24.8 Å². The minimum absolute atomic E-state index is 0.146. The molecule has 3 unspecified atom stereocenters. The average molecular weight is 981 g/mol. The fraction of sp³-hybridized carbons (Fsp3) is 0.278. The van der Waals surface area contributed by atoms with E-state index in [9.17, 15) is 18.5 Å². The Balaban J connectivity index is 0.000000167. The van der Waals surface area contributed by atoms with Gasteiger partial charge in [-0.25, -0.2) is 8.99 Å². The van der Waals surface area contributed by atoms with Crippen molar-refractivity contribution in [1.82, 2.24) is 4.90 Å². The third kappa shape index (κ3) is 14.4. The van der Waals surface area contributed by atoms with Crippen LogP contribution in [0, 0.1) is 5.41 Å². The Morgan fingerprint density at radius 1 is 0.687 bits per heavy atom. The fourth-order valence-corrected chi connectivity index (χ4v) is 12.9. The number of carbonyl (C=O) groups excluding carboxylic acids is 1. The zero-order valence-electron chi connectivity index (χ0n) is 39.5. The normalized spacial score (nSPS) is 16.3. The minimum Gasteiger partial charge on any atom is -0.463 e. The zero-order chi connectivity index (χ0) is 48.6. The van der Waals surface area contributed by atoms with Crippen LogP contribution in [0.1, 0.15) is 47.0 Å². The molecule has 352 valence electrons. The molecule has 9 rings (SSSR count). The van der Waals surface area contributed by atoms with Crippen LogP contribution in [0.2, 0.25) is 0 Å². The SMILES string of the molecule is C=CC(=O)OCCCCCl.CC(C)(C)CCP1(=O)Oc2ccccc2-c2ccccc21.CCP1(=O)Oc2ccccc2-c2ccccc21.CN(C)C.O=[p+]1oc2ccccc2c2ccccc21. The van der Waals surface area contributed by atoms with E-state index in [2.05, 4.69) is 32.1 Å². The Morgan fingerprint density at radius 2 is 1.15 bits per heavy atom. The van der Waals surface area contributed by atoms with Gasteiger partial charge in [0.1, 0.15) is 11.5 Å². The molecular weight excluding hydrogens is 919 g/mol. The molecule has 3 atom stereocenters. The number of alkyl halides is 1. The van der Waals surface area contributed by atoms with Crippen LogP contribution in [0.25, 0.3) is 43.7 Å². The molecule has 0 radical (unpaired) electrons. The summed E-state index contributed by atoms with van der Waals surface area (Å²) in [7, 11) is -1.29. The van der Waals surface area contributed by atoms with Crippen molar-refractivity contribution in [3.8, 4) is 33.8 Å². The number of unbranched alkanes of at least 4 members (excludes halogenated alkanes) is 1. The van der Waals surface area contributed by atoms with Crippen molar-refractivity contribution in [3.63, 3.8) is 0 Å². The molecule has 1 aromatic heterocycles. The van der Waals surface area contributed by atoms with E-state index >= 15 is 0 Å². The number of hydrogen-bond acceptors (Lipinski definition) is 9. The highest BCUT2D eigenvalue weighted by atomic mass is 35.5. The lowest BCUT2D eigenvalue weighted by Gasteiger charge is -2.30. The number of benzene rings is 6. The molecule has 2 aliphatic heterocycles. The number of ether oxygens (including phenoxy) is 1. The number of nitrogens with zero attached hydrogens (tertiary/aromatic N) is 1. The van der Waals surface area contributed by atoms with Gasteiger partial charge in [0, 0.05) is 46.2 Å². The maximum Gasteiger partial charge on any atom is 0.597 e. The van der Waals surface area contributed by atoms with Crippen LogP contribution in [-0.4, -0.2) is 56.8 Å². The first-order valence-corrected chi connectivity index (χ1v) is 27.6. The van der Waals surface area contributed by atoms with E-state index < -0.39 is 22.4 Å². The molecule has 13 heteroatoms. The van der Waals surface area contributed by atoms with Crippen LogP contribution in [0.4, 0.5) is 0 Å². The summed E-state index contributed by atoms with van der Waals surface area (Å²) in [6.07, 6.45) is 4.84. The van der Waals surface area contributed by atoms with Gasteiger partial charge in [0.2, 0.25) is 5.12 Å². The summed E-state index contributed by atoms with van der Waals surface area (Å²) in [6.45, 7) is 12.1. The van der Waals surface area contributed by atoms with Crippen molar-refractivity contribution in [2.75, 3.05) is 46.0 Å². The lowest BCUT2D eigenvalue weighted by Crippen LogP contribution is -2.21. The zero-order valence-corrected chi connectivity index (χ0v) is 43.0. The predicted molar refractivity (Wildman–Crippen MR) is 281 cm³/mol. The second-order valence-corrected chi connectivity index (χ2v) is 24.0. The first kappa shape index (κ1) is 52.7. The van der Waals surface area contributed by atoms with Crippen molar-refractivity contribution in [2.45, 2.75) is 47.0 Å². The Kier molecular flexibility index (Phi) is 19.4. The molecule has 0 amide bonds. The summed E-state index contributed by atoms with van der Waals surface area (Å²) in [6, 6.07) is 46.7. The van der Waals surface area contributed by atoms with Crippen LogP contribution in [0.3, 0.4) is 0 Å². The second kappa shape index (κ2) is 24.7. The molecule has 2 aliphatic rings. The van der Waals surface area contributed by atoms with Gasteiger partial charge in [-0.1, -0.05) is 137 Å². The van der Waals surface area contributed by atoms with Crippen molar-refractivity contribution < 1.29 is 36.5 Å². The number of halogens is 1. The summed E-state index contributed by atoms with van der Waals surface area (Å²) in [4.78, 5) is 12.4. The first-order valence-electron chi connectivity index (χ1n) is 22.3. The molecule has 0 saturated heterocycles. The number of fused-ring (bicyclic) bond motifs is 9. The van der Waals surface area contributed by atoms with Gasteiger partial charge in [-0.3, -0.25) is 9.13 Å². The molecule has 67 heavy (non-hydrogen) atoms. The molecule has 6 aromatic carbocycles. The molecule has 0 bridgehead atoms. The number of hydrogen-bond donors (Lipinski definition) is 0. The van der Waals surface area contributed by atoms with Gasteiger partial charge in [-0.15, -0.1) is 11.6 Å². The largest absolute Gasteiger partial charge is 0.597 e. The van der Waals surface area contributed by atoms with E-state index in [1.54, 1.807) is 0 Å². The molecule has 7 aromatic rings. The molecular formula is C54H62ClNO8P3+. The topological polar surface area (TPSA) is 112 Å². The van der Waals surface area contributed by atoms with Crippen molar-refractivity contribution >= 4 is 72.0 Å². The maximum absolute atomic E-state index is 13.4. The van der Waals surface area contributed by atoms with Gasteiger partial charge in [0.05, 0.1) is 17.2 Å². The molecule has 0 N–H and O–H groups in total. The molecule has 9 nitrogen and oxygen atoms in total. The summed E-state index contributed by atoms with van der Waals surface area (Å²) in [5.74, 6) is 1.73. The third-order valence-corrected chi connectivity index (χ3v) is 16.6. The first-order chi connectivity index (χ1) is 32.0. The lowest BCUT2D eigenvalue weighted by molar-refractivity contribution is -0.137. The summed E-state index contributed by atoms with van der Waals surface area (Å²) < 4.78 is 59.8. The number of esters is 1. The van der Waals surface area contributed by atoms with Crippen LogP contribution in [0.5, 0.6) is 11.5 Å². The highest BCUT2D eigenvalue weighted by Crippen LogP contribution is 2.56. The quantitative estimate of drug-likeness (QED) is 0.0367. The number of carbonyl (C=O) groups is 1. The summed E-state index contributed by atoms with van der Waals surface area (Å²) in [5.41, 5.74) is 5.01. The van der Waals surface area contributed by atoms with Gasteiger partial charge in [0.25, 0.3) is 14.7 Å². The molecule has 0 spiro atoms. The molecule has 0 saturated carbocycles. The molecule has 3 heterocycles. The van der Waals surface area contributed by atoms with Crippen LogP contribution < -0.4 is 19.7 Å². The highest BCUT2D eigenvalue weighted by Gasteiger charge is 2.37. The van der Waals surface area contributed by atoms with E-state index in [0.717, 1.165) is 85.6 Å². The molecule has 0 fully saturated rings. The van der Waals surface area contributed by atoms with Crippen molar-refractivity contribution in [3.05, 3.63) is 158 Å². The fourth-order valence-electron chi connectivity index (χ4n) is 7.03.